The number of hydrogen-bond acceptors (Lipinski definition) is 6. The van der Waals surface area contributed by atoms with Crippen LogP contribution in [-0.4, -0.2) is 59.5 Å². The van der Waals surface area contributed by atoms with Crippen molar-refractivity contribution < 1.29 is 24.3 Å². The maximum absolute atomic E-state index is 12.8. The molecule has 3 amide bonds. The van der Waals surface area contributed by atoms with Gasteiger partial charge in [0, 0.05) is 0 Å². The molecular weight excluding hydrogens is 390 g/mol. The van der Waals surface area contributed by atoms with E-state index in [9.17, 15) is 24.3 Å². The Balaban J connectivity index is 5.37. The normalized spacial score (nSPS) is 16.1. The van der Waals surface area contributed by atoms with Gasteiger partial charge < -0.3 is 32.5 Å². The second-order valence-corrected chi connectivity index (χ2v) is 8.07. The van der Waals surface area contributed by atoms with Crippen molar-refractivity contribution in [1.82, 2.24) is 16.0 Å². The first-order valence-electron chi connectivity index (χ1n) is 10.6. The molecule has 0 aliphatic heterocycles. The van der Waals surface area contributed by atoms with Crippen LogP contribution in [0.15, 0.2) is 0 Å². The van der Waals surface area contributed by atoms with Crippen molar-refractivity contribution in [3.05, 3.63) is 0 Å². The second-order valence-electron chi connectivity index (χ2n) is 8.07. The summed E-state index contributed by atoms with van der Waals surface area (Å²) in [7, 11) is 0. The lowest BCUT2D eigenvalue weighted by Gasteiger charge is -2.29. The Labute approximate surface area is 178 Å². The Bertz CT molecular complexity index is 582. The van der Waals surface area contributed by atoms with E-state index in [1.54, 1.807) is 20.8 Å². The number of nitrogens with one attached hydrogen (secondary N) is 3. The van der Waals surface area contributed by atoms with Gasteiger partial charge in [0.2, 0.25) is 17.7 Å². The van der Waals surface area contributed by atoms with Gasteiger partial charge in [-0.25, -0.2) is 4.79 Å². The number of unbranched alkanes of at least 4 members (excludes halogenated alkanes) is 1. The molecule has 5 unspecified atom stereocenters. The molecule has 174 valence electrons. The number of carbonyl (C=O) groups excluding carboxylic acids is 3. The van der Waals surface area contributed by atoms with Gasteiger partial charge in [-0.15, -0.1) is 0 Å². The highest BCUT2D eigenvalue weighted by Crippen LogP contribution is 2.11. The molecule has 5 atom stereocenters. The van der Waals surface area contributed by atoms with Crippen molar-refractivity contribution in [3.8, 4) is 0 Å². The number of carboxylic acids is 1. The Hall–Kier alpha value is -2.20. The molecule has 8 N–H and O–H groups in total. The van der Waals surface area contributed by atoms with Crippen molar-refractivity contribution >= 4 is 23.7 Å². The van der Waals surface area contributed by atoms with Gasteiger partial charge >= 0.3 is 5.97 Å². The van der Waals surface area contributed by atoms with Crippen LogP contribution in [0.4, 0.5) is 0 Å². The van der Waals surface area contributed by atoms with Crippen molar-refractivity contribution in [2.75, 3.05) is 6.54 Å². The highest BCUT2D eigenvalue weighted by molar-refractivity contribution is 5.94. The van der Waals surface area contributed by atoms with Crippen molar-refractivity contribution in [2.24, 2.45) is 23.3 Å². The van der Waals surface area contributed by atoms with E-state index in [0.29, 0.717) is 25.8 Å². The molecule has 0 saturated heterocycles. The van der Waals surface area contributed by atoms with Crippen molar-refractivity contribution in [3.63, 3.8) is 0 Å². The Morgan fingerprint density at radius 1 is 0.867 bits per heavy atom. The van der Waals surface area contributed by atoms with Crippen molar-refractivity contribution in [1.29, 1.82) is 0 Å². The smallest absolute Gasteiger partial charge is 0.326 e. The minimum absolute atomic E-state index is 0.239. The van der Waals surface area contributed by atoms with Gasteiger partial charge in [0.1, 0.15) is 18.1 Å². The number of amides is 3. The Morgan fingerprint density at radius 3 is 1.83 bits per heavy atom. The van der Waals surface area contributed by atoms with Crippen LogP contribution in [0, 0.1) is 11.8 Å². The third-order valence-corrected chi connectivity index (χ3v) is 5.02. The summed E-state index contributed by atoms with van der Waals surface area (Å²) in [5.74, 6) is -3.19. The summed E-state index contributed by atoms with van der Waals surface area (Å²) in [4.78, 5) is 49.1. The molecule has 0 aromatic heterocycles. The molecule has 0 aliphatic rings. The maximum Gasteiger partial charge on any atom is 0.326 e. The van der Waals surface area contributed by atoms with E-state index >= 15 is 0 Å². The van der Waals surface area contributed by atoms with Crippen LogP contribution in [0.25, 0.3) is 0 Å². The zero-order valence-electron chi connectivity index (χ0n) is 18.7. The lowest BCUT2D eigenvalue weighted by molar-refractivity contribution is -0.143. The zero-order valence-corrected chi connectivity index (χ0v) is 18.7. The fourth-order valence-corrected chi connectivity index (χ4v) is 2.78. The largest absolute Gasteiger partial charge is 0.480 e. The minimum atomic E-state index is -1.14. The first kappa shape index (κ1) is 27.8. The third kappa shape index (κ3) is 9.53. The lowest BCUT2D eigenvalue weighted by atomic mass is 9.96. The first-order valence-corrected chi connectivity index (χ1v) is 10.6. The number of rotatable bonds is 14. The lowest BCUT2D eigenvalue weighted by Crippen LogP contribution is -2.59. The molecule has 0 heterocycles. The van der Waals surface area contributed by atoms with Crippen LogP contribution in [0.1, 0.15) is 60.3 Å². The van der Waals surface area contributed by atoms with Crippen LogP contribution in [0.5, 0.6) is 0 Å². The van der Waals surface area contributed by atoms with Crippen LogP contribution in [0.3, 0.4) is 0 Å². The van der Waals surface area contributed by atoms with E-state index in [2.05, 4.69) is 16.0 Å². The molecule has 10 heteroatoms. The SMILES string of the molecule is CCC(C)C(NC(=O)C(NC(=O)C(C)N)C(C)C)C(=O)NC(CCCCN)C(=O)O. The summed E-state index contributed by atoms with van der Waals surface area (Å²) in [6.07, 6.45) is 2.05. The number of hydrogen-bond donors (Lipinski definition) is 6. The zero-order chi connectivity index (χ0) is 23.4. The van der Waals surface area contributed by atoms with Gasteiger partial charge in [0.15, 0.2) is 0 Å². The van der Waals surface area contributed by atoms with E-state index in [0.717, 1.165) is 0 Å². The Kier molecular flexibility index (Phi) is 12.9. The van der Waals surface area contributed by atoms with Gasteiger partial charge in [-0.05, 0) is 44.6 Å². The van der Waals surface area contributed by atoms with Crippen LogP contribution >= 0.6 is 0 Å². The summed E-state index contributed by atoms with van der Waals surface area (Å²) in [5, 5.41) is 17.2. The molecule has 0 bridgehead atoms. The van der Waals surface area contributed by atoms with E-state index in [1.165, 1.54) is 6.92 Å². The Morgan fingerprint density at radius 2 is 1.40 bits per heavy atom. The highest BCUT2D eigenvalue weighted by atomic mass is 16.4. The molecule has 0 aromatic rings. The van der Waals surface area contributed by atoms with Crippen molar-refractivity contribution in [2.45, 2.75) is 84.5 Å². The maximum atomic E-state index is 12.8. The topological polar surface area (TPSA) is 177 Å². The van der Waals surface area contributed by atoms with Crippen LogP contribution < -0.4 is 27.4 Å². The summed E-state index contributed by atoms with van der Waals surface area (Å²) < 4.78 is 0. The highest BCUT2D eigenvalue weighted by Gasteiger charge is 2.33. The predicted molar refractivity (Wildman–Crippen MR) is 114 cm³/mol. The van der Waals surface area contributed by atoms with Gasteiger partial charge in [0.05, 0.1) is 6.04 Å². The summed E-state index contributed by atoms with van der Waals surface area (Å²) in [6, 6.07) is -3.65. The number of carboxylic acid groups (broad SMARTS) is 1. The van der Waals surface area contributed by atoms with E-state index in [1.807, 2.05) is 6.92 Å². The predicted octanol–water partition coefficient (Wildman–Crippen LogP) is -0.296. The minimum Gasteiger partial charge on any atom is -0.480 e. The van der Waals surface area contributed by atoms with Gasteiger partial charge in [-0.1, -0.05) is 34.1 Å². The molecule has 0 aliphatic carbocycles. The second kappa shape index (κ2) is 13.9. The fraction of sp³-hybridized carbons (Fsp3) is 0.800. The van der Waals surface area contributed by atoms with Gasteiger partial charge in [0.25, 0.3) is 0 Å². The van der Waals surface area contributed by atoms with E-state index < -0.39 is 47.9 Å². The summed E-state index contributed by atoms with van der Waals surface area (Å²) in [5.41, 5.74) is 11.0. The van der Waals surface area contributed by atoms with Crippen LogP contribution in [0.2, 0.25) is 0 Å². The monoisotopic (exact) mass is 429 g/mol. The molecular formula is C20H39N5O5. The first-order chi connectivity index (χ1) is 14.0. The average molecular weight is 430 g/mol. The summed E-state index contributed by atoms with van der Waals surface area (Å²) >= 11 is 0. The van der Waals surface area contributed by atoms with Gasteiger partial charge in [-0.2, -0.15) is 0 Å². The molecule has 0 radical (unpaired) electrons. The standard InChI is InChI=1S/C20H39N5O5/c1-6-12(4)16(19(28)23-14(20(29)30)9-7-8-10-21)25-18(27)15(11(2)3)24-17(26)13(5)22/h11-16H,6-10,21-22H2,1-5H3,(H,23,28)(H,24,26)(H,25,27)(H,29,30). The molecule has 10 nitrogen and oxygen atoms in total. The number of nitrogens with two attached hydrogens (primary N) is 2. The number of aliphatic carboxylic acids is 1. The third-order valence-electron chi connectivity index (χ3n) is 5.02. The molecule has 0 saturated carbocycles. The molecule has 0 aromatic carbocycles. The molecule has 0 spiro atoms. The molecule has 0 fully saturated rings. The molecule has 30 heavy (non-hydrogen) atoms. The van der Waals surface area contributed by atoms with E-state index in [-0.39, 0.29) is 18.3 Å². The average Bonchev–Trinajstić information content (AvgIpc) is 2.67. The molecule has 0 rings (SSSR count). The van der Waals surface area contributed by atoms with Crippen LogP contribution in [-0.2, 0) is 19.2 Å². The fourth-order valence-electron chi connectivity index (χ4n) is 2.78. The summed E-state index contributed by atoms with van der Waals surface area (Å²) in [6.45, 7) is 9.14. The van der Waals surface area contributed by atoms with E-state index in [4.69, 9.17) is 11.5 Å². The van der Waals surface area contributed by atoms with Gasteiger partial charge in [-0.3, -0.25) is 14.4 Å². The quantitative estimate of drug-likeness (QED) is 0.205. The number of carbonyl (C=O) groups is 4.